The van der Waals surface area contributed by atoms with Crippen molar-refractivity contribution in [2.45, 2.75) is 64.3 Å². The minimum Gasteiger partial charge on any atom is -0.458 e. The van der Waals surface area contributed by atoms with Gasteiger partial charge < -0.3 is 19.7 Å². The van der Waals surface area contributed by atoms with Gasteiger partial charge in [-0.2, -0.15) is 0 Å². The molecular formula is C27H25FN3O5. The maximum Gasteiger partial charge on any atom is 0.343 e. The number of aromatic nitrogens is 2. The first-order chi connectivity index (χ1) is 17.2. The first kappa shape index (κ1) is 22.8. The van der Waals surface area contributed by atoms with Crippen LogP contribution in [0, 0.1) is 19.7 Å². The number of aliphatic hydroxyl groups is 1. The predicted molar refractivity (Wildman–Crippen MR) is 128 cm³/mol. The highest BCUT2D eigenvalue weighted by Crippen LogP contribution is 2.45. The van der Waals surface area contributed by atoms with Crippen LogP contribution >= 0.6 is 0 Å². The van der Waals surface area contributed by atoms with Crippen molar-refractivity contribution in [1.82, 2.24) is 14.9 Å². The number of hydrogen-bond acceptors (Lipinski definition) is 6. The monoisotopic (exact) mass is 490 g/mol. The first-order valence-electron chi connectivity index (χ1n) is 12.1. The standard InChI is InChI=1S/C27H25FN3O5/c1-4-21(32)29-18-7-6-13-12(3)17(28)9-19-22(13)23(18)14-10-31-20(24(14)30-19)8-16-15(25(31)33)11-36-26(34)27(16,35)5-2/h8-9,18,35H,1,4-7,10-11H2,2-3H3,(H,29,32)/t18-,27-/m0/s1. The predicted octanol–water partition coefficient (Wildman–Crippen LogP) is 2.85. The van der Waals surface area contributed by atoms with Crippen molar-refractivity contribution < 1.29 is 23.8 Å². The molecule has 36 heavy (non-hydrogen) atoms. The summed E-state index contributed by atoms with van der Waals surface area (Å²) in [4.78, 5) is 43.1. The molecule has 0 spiro atoms. The van der Waals surface area contributed by atoms with Crippen LogP contribution in [0.5, 0.6) is 0 Å². The molecule has 185 valence electrons. The minimum atomic E-state index is -1.93. The second kappa shape index (κ2) is 7.70. The van der Waals surface area contributed by atoms with E-state index in [1.165, 1.54) is 6.07 Å². The van der Waals surface area contributed by atoms with Gasteiger partial charge in [-0.25, -0.2) is 14.2 Å². The van der Waals surface area contributed by atoms with Gasteiger partial charge in [-0.05, 0) is 55.9 Å². The van der Waals surface area contributed by atoms with E-state index in [1.807, 2.05) is 0 Å². The van der Waals surface area contributed by atoms with Crippen LogP contribution in [0.25, 0.3) is 22.3 Å². The molecular weight excluding hydrogens is 465 g/mol. The lowest BCUT2D eigenvalue weighted by Gasteiger charge is -2.31. The highest BCUT2D eigenvalue weighted by atomic mass is 19.1. The van der Waals surface area contributed by atoms with Crippen LogP contribution in [0.1, 0.15) is 65.6 Å². The molecule has 2 N–H and O–H groups in total. The van der Waals surface area contributed by atoms with Gasteiger partial charge >= 0.3 is 5.97 Å². The lowest BCUT2D eigenvalue weighted by molar-refractivity contribution is -0.172. The average Bonchev–Trinajstić information content (AvgIpc) is 3.24. The number of esters is 1. The van der Waals surface area contributed by atoms with Crippen LogP contribution in [-0.2, 0) is 39.5 Å². The SMILES string of the molecule is [CH2]CC(=O)N[C@H]1CCc2c(C)c(F)cc3nc4c(c1c23)Cn1c-4cc2c(c1=O)COC(=O)[C@]2(O)CC. The maximum atomic E-state index is 14.9. The van der Waals surface area contributed by atoms with Crippen LogP contribution in [0.3, 0.4) is 0 Å². The molecule has 1 aromatic carbocycles. The van der Waals surface area contributed by atoms with E-state index in [1.54, 1.807) is 24.5 Å². The van der Waals surface area contributed by atoms with Crippen molar-refractivity contribution in [3.05, 3.63) is 68.6 Å². The third-order valence-electron chi connectivity index (χ3n) is 7.94. The van der Waals surface area contributed by atoms with Crippen LogP contribution in [0.2, 0.25) is 0 Å². The van der Waals surface area contributed by atoms with Gasteiger partial charge in [-0.3, -0.25) is 9.59 Å². The molecule has 0 saturated heterocycles. The summed E-state index contributed by atoms with van der Waals surface area (Å²) in [6.45, 7) is 7.06. The molecule has 0 bridgehead atoms. The maximum absolute atomic E-state index is 14.9. The number of carbonyl (C=O) groups excluding carboxylic acids is 2. The van der Waals surface area contributed by atoms with Gasteiger partial charge in [-0.15, -0.1) is 0 Å². The van der Waals surface area contributed by atoms with E-state index in [0.717, 1.165) is 22.1 Å². The molecule has 0 fully saturated rings. The van der Waals surface area contributed by atoms with Crippen molar-refractivity contribution in [3.63, 3.8) is 0 Å². The largest absolute Gasteiger partial charge is 0.458 e. The summed E-state index contributed by atoms with van der Waals surface area (Å²) in [7, 11) is 0. The number of pyridine rings is 2. The number of ether oxygens (including phenoxy) is 1. The van der Waals surface area contributed by atoms with Crippen molar-refractivity contribution in [3.8, 4) is 11.4 Å². The highest BCUT2D eigenvalue weighted by Gasteiger charge is 2.46. The Hall–Kier alpha value is -3.59. The highest BCUT2D eigenvalue weighted by molar-refractivity contribution is 5.94. The van der Waals surface area contributed by atoms with Crippen molar-refractivity contribution in [1.29, 1.82) is 0 Å². The number of benzene rings is 1. The second-order valence-electron chi connectivity index (χ2n) is 9.72. The molecule has 1 aliphatic carbocycles. The number of nitrogens with zero attached hydrogens (tertiary/aromatic N) is 2. The molecule has 3 aromatic rings. The van der Waals surface area contributed by atoms with Crippen LogP contribution < -0.4 is 10.9 Å². The normalized spacial score (nSPS) is 21.6. The smallest absolute Gasteiger partial charge is 0.343 e. The van der Waals surface area contributed by atoms with E-state index in [0.29, 0.717) is 35.3 Å². The van der Waals surface area contributed by atoms with Gasteiger partial charge in [0.05, 0.1) is 35.1 Å². The average molecular weight is 491 g/mol. The summed E-state index contributed by atoms with van der Waals surface area (Å²) in [5.74, 6) is -1.35. The van der Waals surface area contributed by atoms with Gasteiger partial charge in [0.25, 0.3) is 5.56 Å². The molecule has 2 aliphatic heterocycles. The van der Waals surface area contributed by atoms with E-state index < -0.39 is 11.6 Å². The number of hydrogen-bond donors (Lipinski definition) is 2. The summed E-state index contributed by atoms with van der Waals surface area (Å²) in [6.07, 6.45) is 1.28. The molecule has 9 heteroatoms. The Morgan fingerprint density at radius 1 is 1.33 bits per heavy atom. The number of cyclic esters (lactones) is 1. The van der Waals surface area contributed by atoms with E-state index in [9.17, 15) is 23.9 Å². The molecule has 1 radical (unpaired) electrons. The fraction of sp³-hybridized carbons (Fsp3) is 0.370. The van der Waals surface area contributed by atoms with Crippen LogP contribution in [0.4, 0.5) is 4.39 Å². The number of amides is 1. The zero-order valence-corrected chi connectivity index (χ0v) is 20.0. The fourth-order valence-corrected chi connectivity index (χ4v) is 5.97. The summed E-state index contributed by atoms with van der Waals surface area (Å²) in [5, 5.41) is 15.0. The molecule has 2 aromatic heterocycles. The number of fused-ring (bicyclic) bond motifs is 5. The summed E-state index contributed by atoms with van der Waals surface area (Å²) < 4.78 is 21.6. The fourth-order valence-electron chi connectivity index (χ4n) is 5.97. The Bertz CT molecular complexity index is 1580. The molecule has 2 atom stereocenters. The Labute approximate surface area is 206 Å². The third kappa shape index (κ3) is 2.89. The molecule has 3 aliphatic rings. The lowest BCUT2D eigenvalue weighted by atomic mass is 9.81. The minimum absolute atomic E-state index is 0.0397. The number of rotatable bonds is 3. The third-order valence-corrected chi connectivity index (χ3v) is 7.94. The Morgan fingerprint density at radius 3 is 2.83 bits per heavy atom. The number of halogens is 1. The number of aryl methyl sites for hydroxylation is 1. The second-order valence-corrected chi connectivity index (χ2v) is 9.72. The quantitative estimate of drug-likeness (QED) is 0.428. The molecule has 6 rings (SSSR count). The number of nitrogens with one attached hydrogen (secondary N) is 1. The lowest BCUT2D eigenvalue weighted by Crippen LogP contribution is -2.44. The van der Waals surface area contributed by atoms with Gasteiger partial charge in [0, 0.05) is 29.0 Å². The van der Waals surface area contributed by atoms with Crippen LogP contribution in [0.15, 0.2) is 16.9 Å². The zero-order valence-electron chi connectivity index (χ0n) is 20.0. The van der Waals surface area contributed by atoms with Gasteiger partial charge in [0.2, 0.25) is 5.91 Å². The first-order valence-corrected chi connectivity index (χ1v) is 12.1. The van der Waals surface area contributed by atoms with E-state index in [4.69, 9.17) is 9.72 Å². The zero-order chi connectivity index (χ0) is 25.5. The topological polar surface area (TPSA) is 111 Å². The number of carbonyl (C=O) groups is 2. The Morgan fingerprint density at radius 2 is 2.11 bits per heavy atom. The summed E-state index contributed by atoms with van der Waals surface area (Å²) in [5.41, 5.74) is 2.55. The van der Waals surface area contributed by atoms with Crippen molar-refractivity contribution in [2.75, 3.05) is 0 Å². The van der Waals surface area contributed by atoms with Gasteiger partial charge in [0.15, 0.2) is 5.60 Å². The van der Waals surface area contributed by atoms with Crippen LogP contribution in [-0.4, -0.2) is 26.5 Å². The van der Waals surface area contributed by atoms with E-state index in [-0.39, 0.29) is 60.4 Å². The molecule has 8 nitrogen and oxygen atoms in total. The summed E-state index contributed by atoms with van der Waals surface area (Å²) >= 11 is 0. The van der Waals surface area contributed by atoms with Crippen molar-refractivity contribution in [2.24, 2.45) is 0 Å². The molecule has 4 heterocycles. The molecule has 0 unspecified atom stereocenters. The Balaban J connectivity index is 1.66. The van der Waals surface area contributed by atoms with E-state index in [2.05, 4.69) is 12.2 Å². The van der Waals surface area contributed by atoms with Crippen molar-refractivity contribution >= 4 is 22.8 Å². The van der Waals surface area contributed by atoms with Gasteiger partial charge in [-0.1, -0.05) is 6.92 Å². The molecule has 1 amide bonds. The Kier molecular flexibility index (Phi) is 4.89. The van der Waals surface area contributed by atoms with E-state index >= 15 is 0 Å². The molecule has 0 saturated carbocycles. The summed E-state index contributed by atoms with van der Waals surface area (Å²) in [6, 6.07) is 2.69. The van der Waals surface area contributed by atoms with Gasteiger partial charge in [0.1, 0.15) is 12.4 Å².